The van der Waals surface area contributed by atoms with Crippen molar-refractivity contribution in [2.75, 3.05) is 20.2 Å². The summed E-state index contributed by atoms with van der Waals surface area (Å²) in [5, 5.41) is 0. The Morgan fingerprint density at radius 1 is 0.354 bits per heavy atom. The summed E-state index contributed by atoms with van der Waals surface area (Å²) in [6.07, 6.45) is 24.5. The van der Waals surface area contributed by atoms with E-state index >= 15 is 0 Å². The van der Waals surface area contributed by atoms with Crippen LogP contribution in [0.15, 0.2) is 12.2 Å². The number of allylic oxidation sites excluding steroid dienone is 2. The van der Waals surface area contributed by atoms with E-state index in [0.29, 0.717) is 78.9 Å². The van der Waals surface area contributed by atoms with E-state index in [4.69, 9.17) is 4.74 Å². The van der Waals surface area contributed by atoms with Gasteiger partial charge in [0.1, 0.15) is 11.6 Å². The summed E-state index contributed by atoms with van der Waals surface area (Å²) in [4.78, 5) is 36.3. The monoisotopic (exact) mass is 1160 g/mol. The summed E-state index contributed by atoms with van der Waals surface area (Å²) >= 11 is 0. The maximum Gasteiger partial charge on any atom is 0.308 e. The van der Waals surface area contributed by atoms with Crippen LogP contribution in [-0.4, -0.2) is 48.2 Å². The van der Waals surface area contributed by atoms with Crippen molar-refractivity contribution in [3.8, 4) is 0 Å². The lowest BCUT2D eigenvalue weighted by molar-refractivity contribution is -0.147. The molecule has 0 saturated carbocycles. The molecule has 0 aromatic carbocycles. The van der Waals surface area contributed by atoms with Gasteiger partial charge in [-0.1, -0.05) is 274 Å². The second-order valence-corrected chi connectivity index (χ2v) is 37.5. The van der Waals surface area contributed by atoms with E-state index in [1.807, 2.05) is 48.5 Å². The summed E-state index contributed by atoms with van der Waals surface area (Å²) < 4.78 is 5.06. The molecule has 0 N–H and O–H groups in total. The Morgan fingerprint density at radius 3 is 0.890 bits per heavy atom. The highest BCUT2D eigenvalue weighted by atomic mass is 16.5. The van der Waals surface area contributed by atoms with Crippen LogP contribution in [0.1, 0.15) is 372 Å². The first kappa shape index (κ1) is 94.2. The minimum Gasteiger partial charge on any atom is -0.465 e. The van der Waals surface area contributed by atoms with E-state index in [1.165, 1.54) is 70.8 Å². The number of hydrogen-bond donors (Lipinski definition) is 0. The summed E-state index contributed by atoms with van der Waals surface area (Å²) in [5.74, 6) is 2.33. The van der Waals surface area contributed by atoms with Gasteiger partial charge < -0.3 is 9.64 Å². The van der Waals surface area contributed by atoms with Gasteiger partial charge in [-0.3, -0.25) is 14.4 Å². The molecule has 0 aliphatic carbocycles. The Labute approximate surface area is 521 Å². The van der Waals surface area contributed by atoms with E-state index in [2.05, 4.69) is 239 Å². The molecule has 0 radical (unpaired) electrons. The molecule has 0 spiro atoms. The second-order valence-electron chi connectivity index (χ2n) is 37.5. The van der Waals surface area contributed by atoms with Crippen LogP contribution in [0.5, 0.6) is 0 Å². The van der Waals surface area contributed by atoms with Gasteiger partial charge in [-0.25, -0.2) is 0 Å². The predicted molar refractivity (Wildman–Crippen MR) is 375 cm³/mol. The standard InChI is InChI=1S/C12H27N.2C12H24O.C12H26.C11H22O2.C10H22.C8H16/c1-11(2,3)9-8-10-13(7)12(4,5)6;1-11(2,3)9-7-8-10(13)12(4,5)6;1-10(2)11(13)8-6-7-9-12(3,4)5;1-11(2,3)9-7-8-10-12(4,5)6;1-9(2)10(12)13-8-6-7-11(3,4)5;1-9(2,3)7-8-10(4,5)6;1-7(2)5-6-8(3)4/h8-10H2,1-7H3;7-9H2,1-6H3;10H,6-9H2,1-5H3;7-10H2,1-6H3;9H,6-8H2,1-5H3;7-8H2,1-6H3;5-8H,1-4H3. The molecule has 0 heterocycles. The molecule has 0 amide bonds. The van der Waals surface area contributed by atoms with E-state index in [9.17, 15) is 14.4 Å². The summed E-state index contributed by atoms with van der Waals surface area (Å²) in [6.45, 7) is 85.7. The molecule has 82 heavy (non-hydrogen) atoms. The Balaban J connectivity index is -0.000000161. The van der Waals surface area contributed by atoms with Gasteiger partial charge in [-0.2, -0.15) is 0 Å². The molecule has 0 rings (SSSR count). The molecule has 0 unspecified atom stereocenters. The first-order valence-corrected chi connectivity index (χ1v) is 33.6. The molecular weight excluding hydrogens is 1000 g/mol. The Hall–Kier alpha value is -1.49. The van der Waals surface area contributed by atoms with Crippen molar-refractivity contribution in [1.29, 1.82) is 0 Å². The largest absolute Gasteiger partial charge is 0.465 e. The molecular formula is C77H161NO4. The number of ether oxygens (including phenoxy) is 1. The molecule has 0 aromatic rings. The molecule has 0 aromatic heterocycles. The van der Waals surface area contributed by atoms with Gasteiger partial charge >= 0.3 is 5.97 Å². The molecule has 5 nitrogen and oxygen atoms in total. The topological polar surface area (TPSA) is 63.7 Å². The number of esters is 1. The van der Waals surface area contributed by atoms with Gasteiger partial charge in [-0.15, -0.1) is 0 Å². The third-order valence-corrected chi connectivity index (χ3v) is 13.4. The van der Waals surface area contributed by atoms with Crippen LogP contribution in [0.25, 0.3) is 0 Å². The molecule has 0 fully saturated rings. The van der Waals surface area contributed by atoms with Gasteiger partial charge in [0, 0.05) is 29.7 Å². The highest BCUT2D eigenvalue weighted by Gasteiger charge is 2.22. The second kappa shape index (κ2) is 44.9. The molecule has 5 heteroatoms. The lowest BCUT2D eigenvalue weighted by Gasteiger charge is -2.32. The van der Waals surface area contributed by atoms with Crippen molar-refractivity contribution in [3.05, 3.63) is 12.2 Å². The quantitative estimate of drug-likeness (QED) is 0.0651. The number of ketones is 2. The Morgan fingerprint density at radius 2 is 0.634 bits per heavy atom. The zero-order valence-corrected chi connectivity index (χ0v) is 64.5. The fourth-order valence-corrected chi connectivity index (χ4v) is 7.03. The number of nitrogens with zero attached hydrogens (tertiary/aromatic N) is 1. The van der Waals surface area contributed by atoms with Crippen LogP contribution in [-0.2, 0) is 19.1 Å². The van der Waals surface area contributed by atoms with E-state index in [1.54, 1.807) is 0 Å². The maximum atomic E-state index is 11.6. The third-order valence-electron chi connectivity index (χ3n) is 13.4. The molecule has 0 aliphatic heterocycles. The normalized spacial score (nSPS) is 12.9. The summed E-state index contributed by atoms with van der Waals surface area (Å²) in [7, 11) is 2.21. The van der Waals surface area contributed by atoms with Crippen molar-refractivity contribution in [2.24, 2.45) is 72.4 Å². The average Bonchev–Trinajstić information content (AvgIpc) is 3.22. The highest BCUT2D eigenvalue weighted by Crippen LogP contribution is 2.30. The van der Waals surface area contributed by atoms with Crippen LogP contribution in [0.2, 0.25) is 0 Å². The third kappa shape index (κ3) is 97.6. The van der Waals surface area contributed by atoms with E-state index < -0.39 is 0 Å². The zero-order valence-electron chi connectivity index (χ0n) is 64.5. The lowest BCUT2D eigenvalue weighted by atomic mass is 9.81. The van der Waals surface area contributed by atoms with E-state index in [0.717, 1.165) is 44.9 Å². The van der Waals surface area contributed by atoms with E-state index in [-0.39, 0.29) is 23.2 Å². The van der Waals surface area contributed by atoms with Crippen molar-refractivity contribution in [2.45, 2.75) is 378 Å². The number of hydrogen-bond acceptors (Lipinski definition) is 5. The average molecular weight is 1170 g/mol. The number of carbonyl (C=O) groups is 3. The molecule has 0 aliphatic rings. The smallest absolute Gasteiger partial charge is 0.308 e. The number of Topliss-reactive ketones (excluding diaryl/α,β-unsaturated/α-hetero) is 2. The molecule has 498 valence electrons. The number of unbranched alkanes of at least 4 members (excludes halogenated alkanes) is 2. The molecule has 0 atom stereocenters. The SMILES string of the molecule is CC(C)(C)CCC(C)(C)C.CC(C)(C)CCCC(=O)C(C)(C)C.CC(C)(C)CCCCC(C)(C)C.CC(C)C(=O)CCCCC(C)(C)C.CC(C)C(=O)OCCCC(C)(C)C.CC(C)C=CC(C)C.CN(CCCC(C)(C)C)C(C)(C)C. The van der Waals surface area contributed by atoms with Crippen LogP contribution in [0, 0.1) is 72.4 Å². The number of rotatable bonds is 21. The summed E-state index contributed by atoms with van der Waals surface area (Å²) in [5.41, 5.74) is 3.83. The fraction of sp³-hybridized carbons (Fsp3) is 0.935. The van der Waals surface area contributed by atoms with Crippen LogP contribution < -0.4 is 0 Å². The first-order chi connectivity index (χ1) is 36.0. The van der Waals surface area contributed by atoms with Crippen LogP contribution in [0.4, 0.5) is 0 Å². The van der Waals surface area contributed by atoms with Crippen molar-refractivity contribution in [1.82, 2.24) is 4.90 Å². The van der Waals surface area contributed by atoms with Crippen molar-refractivity contribution < 1.29 is 19.1 Å². The highest BCUT2D eigenvalue weighted by molar-refractivity contribution is 5.83. The Kier molecular flexibility index (Phi) is 51.5. The van der Waals surface area contributed by atoms with Gasteiger partial charge in [-0.05, 0) is 167 Å². The minimum absolute atomic E-state index is 0.00497. The molecule has 0 saturated heterocycles. The van der Waals surface area contributed by atoms with Crippen molar-refractivity contribution in [3.63, 3.8) is 0 Å². The molecule has 0 bridgehead atoms. The van der Waals surface area contributed by atoms with Crippen molar-refractivity contribution >= 4 is 17.5 Å². The zero-order chi connectivity index (χ0) is 67.2. The Bertz CT molecular complexity index is 1460. The van der Waals surface area contributed by atoms with Crippen LogP contribution >= 0.6 is 0 Å². The van der Waals surface area contributed by atoms with Gasteiger partial charge in [0.2, 0.25) is 0 Å². The first-order valence-electron chi connectivity index (χ1n) is 33.6. The number of carbonyl (C=O) groups excluding carboxylic acids is 3. The van der Waals surface area contributed by atoms with Gasteiger partial charge in [0.25, 0.3) is 0 Å². The predicted octanol–water partition coefficient (Wildman–Crippen LogP) is 25.5. The lowest BCUT2D eigenvalue weighted by Crippen LogP contribution is -2.38. The summed E-state index contributed by atoms with van der Waals surface area (Å²) in [6, 6.07) is 0. The van der Waals surface area contributed by atoms with Gasteiger partial charge in [0.05, 0.1) is 12.5 Å². The maximum absolute atomic E-state index is 11.6. The minimum atomic E-state index is -0.155. The fourth-order valence-electron chi connectivity index (χ4n) is 7.03. The van der Waals surface area contributed by atoms with Gasteiger partial charge in [0.15, 0.2) is 0 Å². The van der Waals surface area contributed by atoms with Crippen LogP contribution in [0.3, 0.4) is 0 Å².